The van der Waals surface area contributed by atoms with Crippen molar-refractivity contribution in [3.8, 4) is 0 Å². The van der Waals surface area contributed by atoms with Crippen molar-refractivity contribution in [1.82, 2.24) is 14.9 Å². The third-order valence-electron chi connectivity index (χ3n) is 3.05. The Morgan fingerprint density at radius 3 is 2.84 bits per heavy atom. The highest BCUT2D eigenvalue weighted by atomic mass is 15.1. The van der Waals surface area contributed by atoms with Crippen LogP contribution in [0, 0.1) is 0 Å². The van der Waals surface area contributed by atoms with E-state index in [-0.39, 0.29) is 0 Å². The van der Waals surface area contributed by atoms with Crippen molar-refractivity contribution in [2.24, 2.45) is 0 Å². The molecule has 0 aliphatic heterocycles. The summed E-state index contributed by atoms with van der Waals surface area (Å²) in [4.78, 5) is 10.7. The van der Waals surface area contributed by atoms with Gasteiger partial charge in [0.25, 0.3) is 0 Å². The van der Waals surface area contributed by atoms with Crippen molar-refractivity contribution in [2.45, 2.75) is 19.4 Å². The second kappa shape index (κ2) is 5.84. The average molecular weight is 259 g/mol. The fourth-order valence-electron chi connectivity index (χ4n) is 1.95. The standard InChI is InChI=1S/C14H21N5/c1-10(6-7-19(2)3)18-14-12-8-11(15)4-5-13(12)16-9-17-14/h4-5,8-10H,6-7,15H2,1-3H3,(H,16,17,18). The van der Waals surface area contributed by atoms with E-state index < -0.39 is 0 Å². The molecule has 1 unspecified atom stereocenters. The molecule has 1 heterocycles. The van der Waals surface area contributed by atoms with E-state index in [1.165, 1.54) is 0 Å². The van der Waals surface area contributed by atoms with Crippen LogP contribution in [0.5, 0.6) is 0 Å². The van der Waals surface area contributed by atoms with E-state index in [1.807, 2.05) is 18.2 Å². The van der Waals surface area contributed by atoms with Crippen molar-refractivity contribution >= 4 is 22.4 Å². The largest absolute Gasteiger partial charge is 0.399 e. The summed E-state index contributed by atoms with van der Waals surface area (Å²) in [5.74, 6) is 0.851. The minimum absolute atomic E-state index is 0.349. The molecule has 2 rings (SSSR count). The molecule has 5 nitrogen and oxygen atoms in total. The van der Waals surface area contributed by atoms with Gasteiger partial charge in [0.2, 0.25) is 0 Å². The Morgan fingerprint density at radius 1 is 1.32 bits per heavy atom. The fourth-order valence-corrected chi connectivity index (χ4v) is 1.95. The molecule has 0 bridgehead atoms. The summed E-state index contributed by atoms with van der Waals surface area (Å²) >= 11 is 0. The Labute approximate surface area is 113 Å². The van der Waals surface area contributed by atoms with Crippen LogP contribution in [0.15, 0.2) is 24.5 Å². The summed E-state index contributed by atoms with van der Waals surface area (Å²) in [5.41, 5.74) is 7.47. The number of nitrogen functional groups attached to an aromatic ring is 1. The molecule has 3 N–H and O–H groups in total. The van der Waals surface area contributed by atoms with Crippen LogP contribution >= 0.6 is 0 Å². The normalized spacial score (nSPS) is 12.8. The summed E-state index contributed by atoms with van der Waals surface area (Å²) < 4.78 is 0. The van der Waals surface area contributed by atoms with Gasteiger partial charge in [0.15, 0.2) is 0 Å². The monoisotopic (exact) mass is 259 g/mol. The van der Waals surface area contributed by atoms with Crippen LogP contribution in [-0.4, -0.2) is 41.5 Å². The SMILES string of the molecule is CC(CCN(C)C)Nc1ncnc2ccc(N)cc12. The first-order valence-corrected chi connectivity index (χ1v) is 6.48. The molecule has 0 spiro atoms. The maximum Gasteiger partial charge on any atom is 0.137 e. The molecule has 1 aromatic carbocycles. The topological polar surface area (TPSA) is 67.1 Å². The number of benzene rings is 1. The first-order valence-electron chi connectivity index (χ1n) is 6.48. The highest BCUT2D eigenvalue weighted by molar-refractivity contribution is 5.91. The van der Waals surface area contributed by atoms with Gasteiger partial charge < -0.3 is 16.0 Å². The van der Waals surface area contributed by atoms with Crippen molar-refractivity contribution < 1.29 is 0 Å². The van der Waals surface area contributed by atoms with Gasteiger partial charge in [0.05, 0.1) is 5.52 Å². The Morgan fingerprint density at radius 2 is 2.11 bits per heavy atom. The molecule has 0 aliphatic rings. The highest BCUT2D eigenvalue weighted by Crippen LogP contribution is 2.22. The minimum Gasteiger partial charge on any atom is -0.399 e. The van der Waals surface area contributed by atoms with E-state index in [0.29, 0.717) is 6.04 Å². The van der Waals surface area contributed by atoms with Crippen LogP contribution in [-0.2, 0) is 0 Å². The van der Waals surface area contributed by atoms with Gasteiger partial charge in [-0.3, -0.25) is 0 Å². The molecule has 0 saturated carbocycles. The molecule has 102 valence electrons. The Kier molecular flexibility index (Phi) is 4.16. The van der Waals surface area contributed by atoms with Crippen molar-refractivity contribution in [1.29, 1.82) is 0 Å². The lowest BCUT2D eigenvalue weighted by atomic mass is 10.2. The molecule has 0 aliphatic carbocycles. The average Bonchev–Trinajstić information content (AvgIpc) is 2.37. The second-order valence-corrected chi connectivity index (χ2v) is 5.14. The number of hydrogen-bond donors (Lipinski definition) is 2. The molecular formula is C14H21N5. The maximum absolute atomic E-state index is 5.83. The van der Waals surface area contributed by atoms with Crippen LogP contribution in [0.3, 0.4) is 0 Å². The Balaban J connectivity index is 2.18. The van der Waals surface area contributed by atoms with Crippen molar-refractivity contribution in [3.63, 3.8) is 0 Å². The zero-order chi connectivity index (χ0) is 13.8. The molecule has 0 saturated heterocycles. The number of rotatable bonds is 5. The molecule has 5 heteroatoms. The van der Waals surface area contributed by atoms with Crippen LogP contribution in [0.25, 0.3) is 10.9 Å². The summed E-state index contributed by atoms with van der Waals surface area (Å²) in [6.45, 7) is 3.20. The number of aromatic nitrogens is 2. The van der Waals surface area contributed by atoms with Gasteiger partial charge in [-0.1, -0.05) is 0 Å². The van der Waals surface area contributed by atoms with Gasteiger partial charge in [-0.2, -0.15) is 0 Å². The van der Waals surface area contributed by atoms with Gasteiger partial charge in [-0.25, -0.2) is 9.97 Å². The van der Waals surface area contributed by atoms with Crippen LogP contribution < -0.4 is 11.1 Å². The first kappa shape index (κ1) is 13.5. The quantitative estimate of drug-likeness (QED) is 0.803. The van der Waals surface area contributed by atoms with E-state index in [4.69, 9.17) is 5.73 Å². The number of nitrogens with zero attached hydrogens (tertiary/aromatic N) is 3. The number of nitrogens with one attached hydrogen (secondary N) is 1. The van der Waals surface area contributed by atoms with E-state index in [9.17, 15) is 0 Å². The van der Waals surface area contributed by atoms with Crippen LogP contribution in [0.2, 0.25) is 0 Å². The fraction of sp³-hybridized carbons (Fsp3) is 0.429. The van der Waals surface area contributed by atoms with Gasteiger partial charge in [-0.15, -0.1) is 0 Å². The van der Waals surface area contributed by atoms with Crippen molar-refractivity contribution in [2.75, 3.05) is 31.7 Å². The lowest BCUT2D eigenvalue weighted by Gasteiger charge is -2.18. The molecule has 1 aromatic heterocycles. The molecular weight excluding hydrogens is 238 g/mol. The zero-order valence-corrected chi connectivity index (χ0v) is 11.7. The first-order chi connectivity index (χ1) is 9.06. The van der Waals surface area contributed by atoms with E-state index >= 15 is 0 Å². The van der Waals surface area contributed by atoms with Gasteiger partial charge >= 0.3 is 0 Å². The number of fused-ring (bicyclic) bond motifs is 1. The summed E-state index contributed by atoms with van der Waals surface area (Å²) in [6.07, 6.45) is 2.64. The lowest BCUT2D eigenvalue weighted by Crippen LogP contribution is -2.23. The minimum atomic E-state index is 0.349. The van der Waals surface area contributed by atoms with E-state index in [2.05, 4.69) is 41.2 Å². The second-order valence-electron chi connectivity index (χ2n) is 5.14. The van der Waals surface area contributed by atoms with Gasteiger partial charge in [-0.05, 0) is 52.2 Å². The Bertz CT molecular complexity index is 553. The predicted molar refractivity (Wildman–Crippen MR) is 80.2 cm³/mol. The molecule has 0 amide bonds. The number of hydrogen-bond acceptors (Lipinski definition) is 5. The molecule has 1 atom stereocenters. The summed E-state index contributed by atoms with van der Waals surface area (Å²) in [7, 11) is 4.15. The molecule has 0 fully saturated rings. The lowest BCUT2D eigenvalue weighted by molar-refractivity contribution is 0.390. The van der Waals surface area contributed by atoms with Crippen molar-refractivity contribution in [3.05, 3.63) is 24.5 Å². The van der Waals surface area contributed by atoms with E-state index in [0.717, 1.165) is 35.4 Å². The number of nitrogens with two attached hydrogens (primary N) is 1. The predicted octanol–water partition coefficient (Wildman–Crippen LogP) is 1.96. The smallest absolute Gasteiger partial charge is 0.137 e. The van der Waals surface area contributed by atoms with Gasteiger partial charge in [0, 0.05) is 17.1 Å². The molecule has 2 aromatic rings. The zero-order valence-electron chi connectivity index (χ0n) is 11.7. The number of anilines is 2. The molecule has 19 heavy (non-hydrogen) atoms. The Hall–Kier alpha value is -1.88. The van der Waals surface area contributed by atoms with Crippen LogP contribution in [0.4, 0.5) is 11.5 Å². The summed E-state index contributed by atoms with van der Waals surface area (Å²) in [6, 6.07) is 6.04. The molecule has 0 radical (unpaired) electrons. The van der Waals surface area contributed by atoms with E-state index in [1.54, 1.807) is 6.33 Å². The highest BCUT2D eigenvalue weighted by Gasteiger charge is 2.08. The third kappa shape index (κ3) is 3.54. The maximum atomic E-state index is 5.83. The third-order valence-corrected chi connectivity index (χ3v) is 3.05. The van der Waals surface area contributed by atoms with Crippen LogP contribution in [0.1, 0.15) is 13.3 Å². The van der Waals surface area contributed by atoms with Gasteiger partial charge in [0.1, 0.15) is 12.1 Å². The summed E-state index contributed by atoms with van der Waals surface area (Å²) in [5, 5.41) is 4.41.